The Balaban J connectivity index is 2.02. The van der Waals surface area contributed by atoms with Crippen molar-refractivity contribution < 1.29 is 24.0 Å². The van der Waals surface area contributed by atoms with Gasteiger partial charge in [-0.25, -0.2) is 9.69 Å². The number of nitro groups is 1. The first kappa shape index (κ1) is 19.2. The highest BCUT2D eigenvalue weighted by atomic mass is 79.9. The summed E-state index contributed by atoms with van der Waals surface area (Å²) in [7, 11) is 1.50. The van der Waals surface area contributed by atoms with Crippen molar-refractivity contribution in [3.63, 3.8) is 0 Å². The maximum Gasteiger partial charge on any atom is 0.335 e. The second-order valence-electron chi connectivity index (χ2n) is 5.63. The van der Waals surface area contributed by atoms with E-state index in [2.05, 4.69) is 21.2 Å². The Labute approximate surface area is 166 Å². The molecule has 1 fully saturated rings. The number of anilines is 1. The second kappa shape index (κ2) is 7.61. The van der Waals surface area contributed by atoms with Gasteiger partial charge in [0.2, 0.25) is 0 Å². The van der Waals surface area contributed by atoms with E-state index in [9.17, 15) is 24.5 Å². The van der Waals surface area contributed by atoms with E-state index in [1.807, 2.05) is 0 Å². The molecule has 3 rings (SSSR count). The van der Waals surface area contributed by atoms with Crippen LogP contribution in [0.15, 0.2) is 52.5 Å². The van der Waals surface area contributed by atoms with Gasteiger partial charge in [-0.1, -0.05) is 12.1 Å². The molecule has 1 aliphatic rings. The van der Waals surface area contributed by atoms with Gasteiger partial charge in [-0.2, -0.15) is 0 Å². The molecule has 1 saturated heterocycles. The lowest BCUT2D eigenvalue weighted by atomic mass is 10.1. The van der Waals surface area contributed by atoms with E-state index >= 15 is 0 Å². The Morgan fingerprint density at radius 2 is 1.93 bits per heavy atom. The number of rotatable bonds is 4. The van der Waals surface area contributed by atoms with Gasteiger partial charge >= 0.3 is 6.03 Å². The fraction of sp³-hybridized carbons (Fsp3) is 0.0556. The van der Waals surface area contributed by atoms with E-state index in [1.165, 1.54) is 31.4 Å². The first-order valence-electron chi connectivity index (χ1n) is 7.81. The molecule has 0 radical (unpaired) electrons. The number of methoxy groups -OCH3 is 1. The maximum atomic E-state index is 12.8. The van der Waals surface area contributed by atoms with Crippen LogP contribution in [0.4, 0.5) is 16.2 Å². The fourth-order valence-electron chi connectivity index (χ4n) is 2.58. The number of nitrogens with zero attached hydrogens (tertiary/aromatic N) is 2. The molecule has 1 N–H and O–H groups in total. The van der Waals surface area contributed by atoms with Crippen LogP contribution in [0.1, 0.15) is 5.56 Å². The third kappa shape index (κ3) is 3.62. The summed E-state index contributed by atoms with van der Waals surface area (Å²) < 4.78 is 5.74. The molecule has 0 bridgehead atoms. The van der Waals surface area contributed by atoms with Crippen LogP contribution in [0.5, 0.6) is 5.75 Å². The lowest BCUT2D eigenvalue weighted by molar-refractivity contribution is -0.384. The smallest absolute Gasteiger partial charge is 0.335 e. The van der Waals surface area contributed by atoms with Crippen molar-refractivity contribution in [2.75, 3.05) is 12.0 Å². The molecule has 2 aromatic rings. The molecule has 0 unspecified atom stereocenters. The Bertz CT molecular complexity index is 1050. The van der Waals surface area contributed by atoms with Crippen molar-refractivity contribution in [2.24, 2.45) is 0 Å². The quantitative estimate of drug-likeness (QED) is 0.334. The van der Waals surface area contributed by atoms with Gasteiger partial charge in [0.25, 0.3) is 17.5 Å². The number of nitrogens with one attached hydrogen (secondary N) is 1. The molecule has 0 aliphatic carbocycles. The topological polar surface area (TPSA) is 119 Å². The van der Waals surface area contributed by atoms with Gasteiger partial charge in [-0.15, -0.1) is 0 Å². The number of hydrogen-bond acceptors (Lipinski definition) is 6. The maximum absolute atomic E-state index is 12.8. The Kier molecular flexibility index (Phi) is 5.23. The normalized spacial score (nSPS) is 15.6. The van der Waals surface area contributed by atoms with Crippen LogP contribution in [0.2, 0.25) is 0 Å². The van der Waals surface area contributed by atoms with E-state index in [0.717, 1.165) is 6.07 Å². The Morgan fingerprint density at radius 3 is 2.57 bits per heavy atom. The van der Waals surface area contributed by atoms with Gasteiger partial charge in [0.1, 0.15) is 11.3 Å². The molecule has 0 saturated carbocycles. The highest BCUT2D eigenvalue weighted by molar-refractivity contribution is 9.10. The van der Waals surface area contributed by atoms with Crippen LogP contribution in [-0.4, -0.2) is 29.9 Å². The van der Waals surface area contributed by atoms with Gasteiger partial charge in [0, 0.05) is 12.1 Å². The summed E-state index contributed by atoms with van der Waals surface area (Å²) in [5, 5.41) is 13.0. The highest BCUT2D eigenvalue weighted by Gasteiger charge is 2.37. The van der Waals surface area contributed by atoms with E-state index < -0.39 is 22.8 Å². The summed E-state index contributed by atoms with van der Waals surface area (Å²) in [6.45, 7) is 0. The van der Waals surface area contributed by atoms with Gasteiger partial charge in [-0.05, 0) is 45.8 Å². The lowest BCUT2D eigenvalue weighted by Gasteiger charge is -2.26. The van der Waals surface area contributed by atoms with E-state index in [1.54, 1.807) is 18.2 Å². The SMILES string of the molecule is COc1ccc(/C=C2\C(=O)NC(=O)N(c3cccc([N+](=O)[O-])c3)C2=O)cc1Br. The molecule has 28 heavy (non-hydrogen) atoms. The Morgan fingerprint density at radius 1 is 1.18 bits per heavy atom. The molecule has 4 amide bonds. The number of benzene rings is 2. The van der Waals surface area contributed by atoms with Crippen LogP contribution in [0, 0.1) is 10.1 Å². The summed E-state index contributed by atoms with van der Waals surface area (Å²) in [6, 6.07) is 8.94. The Hall–Kier alpha value is -3.53. The van der Waals surface area contributed by atoms with Crippen LogP contribution < -0.4 is 15.0 Å². The number of barbiturate groups is 1. The summed E-state index contributed by atoms with van der Waals surface area (Å²) in [6.07, 6.45) is 1.32. The monoisotopic (exact) mass is 445 g/mol. The number of hydrogen-bond donors (Lipinski definition) is 1. The van der Waals surface area contributed by atoms with Crippen molar-refractivity contribution in [3.05, 3.63) is 68.2 Å². The molecule has 0 aromatic heterocycles. The number of imide groups is 2. The third-order valence-corrected chi connectivity index (χ3v) is 4.51. The number of amides is 4. The molecule has 0 atom stereocenters. The standard InChI is InChI=1S/C18H12BrN3O6/c1-28-15-6-5-10(8-14(15)19)7-13-16(23)20-18(25)21(17(13)24)11-3-2-4-12(9-11)22(26)27/h2-9H,1H3,(H,20,23,25)/b13-7+. The molecule has 0 spiro atoms. The molecule has 2 aromatic carbocycles. The zero-order valence-corrected chi connectivity index (χ0v) is 15.9. The van der Waals surface area contributed by atoms with E-state index in [0.29, 0.717) is 20.7 Å². The first-order chi connectivity index (χ1) is 13.3. The minimum Gasteiger partial charge on any atom is -0.496 e. The van der Waals surface area contributed by atoms with Crippen LogP contribution >= 0.6 is 15.9 Å². The van der Waals surface area contributed by atoms with Gasteiger partial charge in [0.05, 0.1) is 22.2 Å². The zero-order valence-electron chi connectivity index (χ0n) is 14.3. The van der Waals surface area contributed by atoms with Crippen LogP contribution in [-0.2, 0) is 9.59 Å². The average molecular weight is 446 g/mol. The van der Waals surface area contributed by atoms with E-state index in [4.69, 9.17) is 4.74 Å². The molecule has 1 heterocycles. The van der Waals surface area contributed by atoms with Gasteiger partial charge in [-0.3, -0.25) is 25.0 Å². The molecular formula is C18H12BrN3O6. The third-order valence-electron chi connectivity index (χ3n) is 3.89. The number of halogens is 1. The minimum atomic E-state index is -0.983. The number of ether oxygens (including phenoxy) is 1. The van der Waals surface area contributed by atoms with Crippen LogP contribution in [0.3, 0.4) is 0 Å². The highest BCUT2D eigenvalue weighted by Crippen LogP contribution is 2.28. The van der Waals surface area contributed by atoms with Crippen molar-refractivity contribution in [1.82, 2.24) is 5.32 Å². The summed E-state index contributed by atoms with van der Waals surface area (Å²) in [5.41, 5.74) is -0.0895. The number of carbonyl (C=O) groups is 3. The molecular weight excluding hydrogens is 434 g/mol. The first-order valence-corrected chi connectivity index (χ1v) is 8.60. The number of carbonyl (C=O) groups excluding carboxylic acids is 3. The zero-order chi connectivity index (χ0) is 20.4. The molecule has 10 heteroatoms. The minimum absolute atomic E-state index is 0.0222. The predicted octanol–water partition coefficient (Wildman–Crippen LogP) is 3.03. The number of non-ortho nitro benzene ring substituents is 1. The van der Waals surface area contributed by atoms with Gasteiger partial charge in [0.15, 0.2) is 0 Å². The van der Waals surface area contributed by atoms with Gasteiger partial charge < -0.3 is 4.74 Å². The predicted molar refractivity (Wildman–Crippen MR) is 103 cm³/mol. The summed E-state index contributed by atoms with van der Waals surface area (Å²) >= 11 is 3.31. The molecule has 1 aliphatic heterocycles. The fourth-order valence-corrected chi connectivity index (χ4v) is 3.14. The molecule has 142 valence electrons. The van der Waals surface area contributed by atoms with Crippen molar-refractivity contribution in [2.45, 2.75) is 0 Å². The molecule has 9 nitrogen and oxygen atoms in total. The number of urea groups is 1. The van der Waals surface area contributed by atoms with Crippen molar-refractivity contribution in [3.8, 4) is 5.75 Å². The van der Waals surface area contributed by atoms with E-state index in [-0.39, 0.29) is 16.9 Å². The summed E-state index contributed by atoms with van der Waals surface area (Å²) in [5.74, 6) is -1.18. The van der Waals surface area contributed by atoms with Crippen molar-refractivity contribution >= 4 is 51.2 Å². The lowest BCUT2D eigenvalue weighted by Crippen LogP contribution is -2.54. The largest absolute Gasteiger partial charge is 0.496 e. The number of nitro benzene ring substituents is 1. The average Bonchev–Trinajstić information content (AvgIpc) is 2.65. The summed E-state index contributed by atoms with van der Waals surface area (Å²) in [4.78, 5) is 48.2. The second-order valence-corrected chi connectivity index (χ2v) is 6.48. The van der Waals surface area contributed by atoms with Crippen molar-refractivity contribution in [1.29, 1.82) is 0 Å². The van der Waals surface area contributed by atoms with Crippen LogP contribution in [0.25, 0.3) is 6.08 Å².